The molecule has 114 valence electrons. The van der Waals surface area contributed by atoms with E-state index in [4.69, 9.17) is 0 Å². The summed E-state index contributed by atoms with van der Waals surface area (Å²) in [4.78, 5) is 17.0. The molecular weight excluding hydrogens is 260 g/mol. The van der Waals surface area contributed by atoms with Gasteiger partial charge in [0.05, 0.1) is 6.54 Å². The van der Waals surface area contributed by atoms with E-state index in [1.54, 1.807) is 0 Å². The molecule has 1 aliphatic carbocycles. The molecule has 0 atom stereocenters. The van der Waals surface area contributed by atoms with Crippen LogP contribution >= 0.6 is 0 Å². The first kappa shape index (κ1) is 14.7. The van der Waals surface area contributed by atoms with E-state index < -0.39 is 0 Å². The number of nitrogens with zero attached hydrogens (tertiary/aromatic N) is 2. The summed E-state index contributed by atoms with van der Waals surface area (Å²) in [6, 6.07) is 8.42. The summed E-state index contributed by atoms with van der Waals surface area (Å²) in [6.07, 6.45) is 5.34. The molecule has 3 heteroatoms. The molecule has 3 rings (SSSR count). The van der Waals surface area contributed by atoms with E-state index in [9.17, 15) is 4.79 Å². The normalized spacial score (nSPS) is 21.8. The quantitative estimate of drug-likeness (QED) is 0.795. The lowest BCUT2D eigenvalue weighted by Crippen LogP contribution is -2.46. The van der Waals surface area contributed by atoms with Crippen molar-refractivity contribution < 1.29 is 4.79 Å². The molecule has 1 aromatic carbocycles. The van der Waals surface area contributed by atoms with Gasteiger partial charge in [-0.1, -0.05) is 37.1 Å². The molecule has 1 saturated carbocycles. The van der Waals surface area contributed by atoms with E-state index in [2.05, 4.69) is 29.0 Å². The molecule has 2 fully saturated rings. The Morgan fingerprint density at radius 1 is 1.05 bits per heavy atom. The molecule has 0 aromatic heterocycles. The number of carbonyl (C=O) groups excluding carboxylic acids is 1. The second-order valence-electron chi connectivity index (χ2n) is 6.61. The van der Waals surface area contributed by atoms with Crippen LogP contribution in [0.4, 0.5) is 0 Å². The fourth-order valence-corrected chi connectivity index (χ4v) is 3.50. The Balaban J connectivity index is 1.57. The zero-order chi connectivity index (χ0) is 14.7. The molecule has 1 aromatic rings. The third-order valence-corrected chi connectivity index (χ3v) is 5.02. The van der Waals surface area contributed by atoms with Crippen molar-refractivity contribution in [1.82, 2.24) is 9.80 Å². The van der Waals surface area contributed by atoms with Crippen LogP contribution in [0.2, 0.25) is 0 Å². The number of hydrogen-bond donors (Lipinski definition) is 0. The average molecular weight is 286 g/mol. The van der Waals surface area contributed by atoms with Crippen LogP contribution in [0.15, 0.2) is 24.3 Å². The largest absolute Gasteiger partial charge is 0.304 e. The molecule has 0 amide bonds. The molecule has 0 N–H and O–H groups in total. The summed E-state index contributed by atoms with van der Waals surface area (Å²) in [5, 5.41) is 0. The van der Waals surface area contributed by atoms with Crippen LogP contribution in [0.5, 0.6) is 0 Å². The lowest BCUT2D eigenvalue weighted by Gasteiger charge is -2.31. The van der Waals surface area contributed by atoms with E-state index in [1.807, 2.05) is 12.1 Å². The summed E-state index contributed by atoms with van der Waals surface area (Å²) in [7, 11) is 2.14. The fourth-order valence-electron chi connectivity index (χ4n) is 3.50. The second-order valence-corrected chi connectivity index (χ2v) is 6.61. The molecule has 0 spiro atoms. The summed E-state index contributed by atoms with van der Waals surface area (Å²) in [6.45, 7) is 4.70. The van der Waals surface area contributed by atoms with Crippen LogP contribution in [0.25, 0.3) is 0 Å². The molecule has 2 aliphatic rings. The van der Waals surface area contributed by atoms with Gasteiger partial charge in [0.1, 0.15) is 0 Å². The van der Waals surface area contributed by atoms with Gasteiger partial charge in [0.15, 0.2) is 5.78 Å². The molecular formula is C18H26N2O. The number of piperazine rings is 1. The van der Waals surface area contributed by atoms with Gasteiger partial charge in [0.25, 0.3) is 0 Å². The maximum atomic E-state index is 12.4. The highest BCUT2D eigenvalue weighted by Crippen LogP contribution is 2.33. The highest BCUT2D eigenvalue weighted by Gasteiger charge is 2.19. The summed E-state index contributed by atoms with van der Waals surface area (Å²) in [5.74, 6) is 0.990. The lowest BCUT2D eigenvalue weighted by atomic mass is 9.96. The van der Waals surface area contributed by atoms with Gasteiger partial charge in [-0.15, -0.1) is 0 Å². The number of hydrogen-bond acceptors (Lipinski definition) is 3. The summed E-state index contributed by atoms with van der Waals surface area (Å²) in [5.41, 5.74) is 2.29. The number of rotatable bonds is 4. The maximum absolute atomic E-state index is 12.4. The Morgan fingerprint density at radius 2 is 1.67 bits per heavy atom. The van der Waals surface area contributed by atoms with Crippen molar-refractivity contribution in [2.75, 3.05) is 39.8 Å². The van der Waals surface area contributed by atoms with Crippen molar-refractivity contribution in [3.05, 3.63) is 35.4 Å². The standard InChI is InChI=1S/C18H26N2O/c1-19-10-12-20(13-11-19)14-18(21)17-8-6-16(7-9-17)15-4-2-3-5-15/h6-9,15H,2-5,10-14H2,1H3. The van der Waals surface area contributed by atoms with Crippen LogP contribution in [0.3, 0.4) is 0 Å². The summed E-state index contributed by atoms with van der Waals surface area (Å²) >= 11 is 0. The second kappa shape index (κ2) is 6.71. The first-order chi connectivity index (χ1) is 10.2. The number of benzene rings is 1. The summed E-state index contributed by atoms with van der Waals surface area (Å²) < 4.78 is 0. The van der Waals surface area contributed by atoms with Gasteiger partial charge < -0.3 is 4.90 Å². The molecule has 0 bridgehead atoms. The van der Waals surface area contributed by atoms with Gasteiger partial charge in [-0.2, -0.15) is 0 Å². The third kappa shape index (κ3) is 3.72. The monoisotopic (exact) mass is 286 g/mol. The zero-order valence-corrected chi connectivity index (χ0v) is 13.1. The van der Waals surface area contributed by atoms with Gasteiger partial charge in [-0.05, 0) is 31.4 Å². The van der Waals surface area contributed by atoms with Gasteiger partial charge in [0.2, 0.25) is 0 Å². The Morgan fingerprint density at radius 3 is 2.29 bits per heavy atom. The van der Waals surface area contributed by atoms with Crippen LogP contribution < -0.4 is 0 Å². The third-order valence-electron chi connectivity index (χ3n) is 5.02. The predicted molar refractivity (Wildman–Crippen MR) is 85.9 cm³/mol. The highest BCUT2D eigenvalue weighted by atomic mass is 16.1. The van der Waals surface area contributed by atoms with Crippen LogP contribution in [0.1, 0.15) is 47.5 Å². The fraction of sp³-hybridized carbons (Fsp3) is 0.611. The lowest BCUT2D eigenvalue weighted by molar-refractivity contribution is 0.0876. The van der Waals surface area contributed by atoms with E-state index in [1.165, 1.54) is 31.2 Å². The SMILES string of the molecule is CN1CCN(CC(=O)c2ccc(C3CCCC3)cc2)CC1. The number of Topliss-reactive ketones (excluding diaryl/α,β-unsaturated/α-hetero) is 1. The van der Waals surface area contributed by atoms with Crippen LogP contribution in [-0.4, -0.2) is 55.4 Å². The molecule has 1 saturated heterocycles. The van der Waals surface area contributed by atoms with Crippen molar-refractivity contribution in [2.24, 2.45) is 0 Å². The first-order valence-electron chi connectivity index (χ1n) is 8.26. The number of ketones is 1. The van der Waals surface area contributed by atoms with Gasteiger partial charge >= 0.3 is 0 Å². The Labute approximate surface area is 127 Å². The Hall–Kier alpha value is -1.19. The molecule has 21 heavy (non-hydrogen) atoms. The van der Waals surface area contributed by atoms with E-state index in [0.29, 0.717) is 6.54 Å². The van der Waals surface area contributed by atoms with E-state index >= 15 is 0 Å². The minimum Gasteiger partial charge on any atom is -0.304 e. The topological polar surface area (TPSA) is 23.6 Å². The smallest absolute Gasteiger partial charge is 0.176 e. The zero-order valence-electron chi connectivity index (χ0n) is 13.1. The van der Waals surface area contributed by atoms with Crippen molar-refractivity contribution in [3.63, 3.8) is 0 Å². The van der Waals surface area contributed by atoms with Crippen LogP contribution in [-0.2, 0) is 0 Å². The van der Waals surface area contributed by atoms with Gasteiger partial charge in [-0.3, -0.25) is 9.69 Å². The molecule has 3 nitrogen and oxygen atoms in total. The van der Waals surface area contributed by atoms with E-state index in [0.717, 1.165) is 37.7 Å². The average Bonchev–Trinajstić information content (AvgIpc) is 3.04. The molecule has 1 aliphatic heterocycles. The molecule has 0 radical (unpaired) electrons. The number of carbonyl (C=O) groups is 1. The van der Waals surface area contributed by atoms with Crippen molar-refractivity contribution in [1.29, 1.82) is 0 Å². The van der Waals surface area contributed by atoms with Gasteiger partial charge in [-0.25, -0.2) is 0 Å². The molecule has 1 heterocycles. The molecule has 0 unspecified atom stereocenters. The van der Waals surface area contributed by atoms with E-state index in [-0.39, 0.29) is 5.78 Å². The highest BCUT2D eigenvalue weighted by molar-refractivity contribution is 5.97. The minimum atomic E-state index is 0.262. The Bertz CT molecular complexity index is 468. The minimum absolute atomic E-state index is 0.262. The predicted octanol–water partition coefficient (Wildman–Crippen LogP) is 2.77. The number of likely N-dealkylation sites (N-methyl/N-ethyl adjacent to an activating group) is 1. The van der Waals surface area contributed by atoms with Crippen LogP contribution in [0, 0.1) is 0 Å². The van der Waals surface area contributed by atoms with Crippen molar-refractivity contribution in [2.45, 2.75) is 31.6 Å². The Kier molecular flexibility index (Phi) is 4.71. The van der Waals surface area contributed by atoms with Gasteiger partial charge in [0, 0.05) is 31.7 Å². The van der Waals surface area contributed by atoms with Crippen molar-refractivity contribution in [3.8, 4) is 0 Å². The maximum Gasteiger partial charge on any atom is 0.176 e. The first-order valence-corrected chi connectivity index (χ1v) is 8.26. The van der Waals surface area contributed by atoms with Crippen molar-refractivity contribution >= 4 is 5.78 Å².